The number of hydrogen-bond acceptors (Lipinski definition) is 4. The highest BCUT2D eigenvalue weighted by molar-refractivity contribution is 8.78. The third-order valence-electron chi connectivity index (χ3n) is 3.97. The Morgan fingerprint density at radius 1 is 0.682 bits per heavy atom. The molecule has 2 nitrogen and oxygen atoms in total. The highest BCUT2D eigenvalue weighted by Crippen LogP contribution is 2.46. The van der Waals surface area contributed by atoms with Gasteiger partial charge in [0.1, 0.15) is 12.6 Å². The van der Waals surface area contributed by atoms with E-state index in [9.17, 15) is 9.59 Å². The lowest BCUT2D eigenvalue weighted by Crippen LogP contribution is -2.26. The molecule has 0 saturated carbocycles. The quantitative estimate of drug-likeness (QED) is 0.200. The minimum atomic E-state index is -0.369. The number of aldehydes is 2. The zero-order chi connectivity index (χ0) is 16.9. The first-order chi connectivity index (χ1) is 10.4. The van der Waals surface area contributed by atoms with Crippen molar-refractivity contribution in [2.75, 3.05) is 0 Å². The first-order valence-electron chi connectivity index (χ1n) is 8.74. The molecule has 0 aliphatic rings. The van der Waals surface area contributed by atoms with Crippen LogP contribution in [0, 0.1) is 0 Å². The molecular weight excluding hydrogens is 312 g/mol. The van der Waals surface area contributed by atoms with Crippen molar-refractivity contribution in [1.29, 1.82) is 0 Å². The molecule has 0 fully saturated rings. The second-order valence-electron chi connectivity index (χ2n) is 6.65. The first-order valence-corrected chi connectivity index (χ1v) is 10.9. The van der Waals surface area contributed by atoms with Crippen LogP contribution in [0.5, 0.6) is 0 Å². The zero-order valence-electron chi connectivity index (χ0n) is 14.9. The molecule has 0 aromatic rings. The van der Waals surface area contributed by atoms with Crippen LogP contribution < -0.4 is 0 Å². The summed E-state index contributed by atoms with van der Waals surface area (Å²) < 4.78 is -0.738. The van der Waals surface area contributed by atoms with E-state index >= 15 is 0 Å². The largest absolute Gasteiger partial charge is 0.302 e. The van der Waals surface area contributed by atoms with Crippen molar-refractivity contribution < 1.29 is 9.59 Å². The van der Waals surface area contributed by atoms with Gasteiger partial charge >= 0.3 is 0 Å². The molecule has 0 amide bonds. The van der Waals surface area contributed by atoms with Crippen LogP contribution >= 0.6 is 21.6 Å². The van der Waals surface area contributed by atoms with E-state index in [4.69, 9.17) is 0 Å². The summed E-state index contributed by atoms with van der Waals surface area (Å²) >= 11 is 0. The third-order valence-corrected chi connectivity index (χ3v) is 7.95. The molecular formula is C18H34O2S2. The molecule has 0 bridgehead atoms. The standard InChI is InChI=1S/C18H34O2S2/c1-5-7-9-11-13-17(3,15-19)21-22-18(4,16-20)14-12-10-8-6-2/h15-16H,5-14H2,1-4H3. The van der Waals surface area contributed by atoms with Gasteiger partial charge in [-0.2, -0.15) is 0 Å². The van der Waals surface area contributed by atoms with E-state index in [0.717, 1.165) is 38.3 Å². The molecule has 4 heteroatoms. The van der Waals surface area contributed by atoms with Crippen LogP contribution in [-0.4, -0.2) is 22.1 Å². The molecule has 0 saturated heterocycles. The summed E-state index contributed by atoms with van der Waals surface area (Å²) in [5, 5.41) is 0. The van der Waals surface area contributed by atoms with Gasteiger partial charge in [0.25, 0.3) is 0 Å². The van der Waals surface area contributed by atoms with Gasteiger partial charge in [-0.25, -0.2) is 0 Å². The predicted octanol–water partition coefficient (Wildman–Crippen LogP) is 6.22. The Morgan fingerprint density at radius 2 is 1.05 bits per heavy atom. The van der Waals surface area contributed by atoms with Crippen LogP contribution in [0.25, 0.3) is 0 Å². The minimum Gasteiger partial charge on any atom is -0.302 e. The first kappa shape index (κ1) is 22.0. The number of carbonyl (C=O) groups excluding carboxylic acids is 2. The molecule has 2 atom stereocenters. The van der Waals surface area contributed by atoms with Crippen LogP contribution in [-0.2, 0) is 9.59 Å². The van der Waals surface area contributed by atoms with E-state index in [1.807, 2.05) is 13.8 Å². The van der Waals surface area contributed by atoms with Crippen LogP contribution in [0.3, 0.4) is 0 Å². The Bertz CT molecular complexity index is 279. The van der Waals surface area contributed by atoms with Gasteiger partial charge in [-0.05, 0) is 26.7 Å². The molecule has 0 N–H and O–H groups in total. The fourth-order valence-corrected chi connectivity index (χ4v) is 5.03. The van der Waals surface area contributed by atoms with E-state index in [-0.39, 0.29) is 9.49 Å². The molecule has 0 rings (SSSR count). The SMILES string of the molecule is CCCCCCC(C)(C=O)SSC(C)(C=O)CCCCCC. The van der Waals surface area contributed by atoms with Crippen molar-refractivity contribution in [3.05, 3.63) is 0 Å². The molecule has 0 spiro atoms. The highest BCUT2D eigenvalue weighted by atomic mass is 33.1. The topological polar surface area (TPSA) is 34.1 Å². The average molecular weight is 347 g/mol. The van der Waals surface area contributed by atoms with Crippen LogP contribution in [0.2, 0.25) is 0 Å². The lowest BCUT2D eigenvalue weighted by atomic mass is 10.0. The summed E-state index contributed by atoms with van der Waals surface area (Å²) in [6.07, 6.45) is 13.4. The number of carbonyl (C=O) groups is 2. The molecule has 0 radical (unpaired) electrons. The van der Waals surface area contributed by atoms with E-state index in [0.29, 0.717) is 0 Å². The van der Waals surface area contributed by atoms with Gasteiger partial charge in [-0.15, -0.1) is 0 Å². The van der Waals surface area contributed by atoms with Gasteiger partial charge in [-0.3, -0.25) is 0 Å². The van der Waals surface area contributed by atoms with Crippen LogP contribution in [0.4, 0.5) is 0 Å². The summed E-state index contributed by atoms with van der Waals surface area (Å²) in [6.45, 7) is 8.40. The van der Waals surface area contributed by atoms with Crippen LogP contribution in [0.15, 0.2) is 0 Å². The van der Waals surface area contributed by atoms with Crippen molar-refractivity contribution in [2.45, 2.75) is 101 Å². The Hall–Kier alpha value is 0.0400. The summed E-state index contributed by atoms with van der Waals surface area (Å²) in [5.41, 5.74) is 0. The van der Waals surface area contributed by atoms with Crippen LogP contribution in [0.1, 0.15) is 91.9 Å². The van der Waals surface area contributed by atoms with Gasteiger partial charge in [0.05, 0.1) is 9.49 Å². The second kappa shape index (κ2) is 12.5. The summed E-state index contributed by atoms with van der Waals surface area (Å²) in [5.74, 6) is 0. The minimum absolute atomic E-state index is 0.369. The Labute approximate surface area is 145 Å². The fraction of sp³-hybridized carbons (Fsp3) is 0.889. The van der Waals surface area contributed by atoms with Gasteiger partial charge in [0.15, 0.2) is 0 Å². The van der Waals surface area contributed by atoms with E-state index in [2.05, 4.69) is 13.8 Å². The second-order valence-corrected chi connectivity index (χ2v) is 9.85. The summed E-state index contributed by atoms with van der Waals surface area (Å²) in [4.78, 5) is 22.9. The van der Waals surface area contributed by atoms with Crippen molar-refractivity contribution >= 4 is 34.2 Å². The lowest BCUT2D eigenvalue weighted by Gasteiger charge is -2.28. The molecule has 0 aliphatic carbocycles. The molecule has 0 aromatic heterocycles. The molecule has 0 heterocycles. The van der Waals surface area contributed by atoms with Gasteiger partial charge in [-0.1, -0.05) is 86.8 Å². The van der Waals surface area contributed by atoms with Crippen molar-refractivity contribution in [1.82, 2.24) is 0 Å². The smallest absolute Gasteiger partial charge is 0.136 e. The average Bonchev–Trinajstić information content (AvgIpc) is 2.54. The van der Waals surface area contributed by atoms with Crippen molar-refractivity contribution in [3.63, 3.8) is 0 Å². The normalized spacial score (nSPS) is 16.7. The maximum atomic E-state index is 11.5. The maximum Gasteiger partial charge on any atom is 0.136 e. The lowest BCUT2D eigenvalue weighted by molar-refractivity contribution is -0.110. The maximum absolute atomic E-state index is 11.5. The molecule has 22 heavy (non-hydrogen) atoms. The number of hydrogen-bond donors (Lipinski definition) is 0. The van der Waals surface area contributed by atoms with Gasteiger partial charge in [0.2, 0.25) is 0 Å². The molecule has 130 valence electrons. The molecule has 0 aromatic carbocycles. The summed E-state index contributed by atoms with van der Waals surface area (Å²) in [7, 11) is 3.19. The number of unbranched alkanes of at least 4 members (excludes halogenated alkanes) is 6. The Kier molecular flexibility index (Phi) is 12.5. The predicted molar refractivity (Wildman–Crippen MR) is 102 cm³/mol. The number of rotatable bonds is 15. The van der Waals surface area contributed by atoms with Gasteiger partial charge < -0.3 is 9.59 Å². The highest BCUT2D eigenvalue weighted by Gasteiger charge is 2.31. The van der Waals surface area contributed by atoms with E-state index < -0.39 is 0 Å². The van der Waals surface area contributed by atoms with Crippen molar-refractivity contribution in [2.24, 2.45) is 0 Å². The molecule has 0 aliphatic heterocycles. The van der Waals surface area contributed by atoms with Gasteiger partial charge in [0, 0.05) is 0 Å². The fourth-order valence-electron chi connectivity index (χ4n) is 2.24. The van der Waals surface area contributed by atoms with E-state index in [1.165, 1.54) is 38.5 Å². The summed E-state index contributed by atoms with van der Waals surface area (Å²) in [6, 6.07) is 0. The third kappa shape index (κ3) is 9.94. The monoisotopic (exact) mass is 346 g/mol. The van der Waals surface area contributed by atoms with Crippen molar-refractivity contribution in [3.8, 4) is 0 Å². The molecule has 2 unspecified atom stereocenters. The zero-order valence-corrected chi connectivity index (χ0v) is 16.5. The Morgan fingerprint density at radius 3 is 1.32 bits per heavy atom. The Balaban J connectivity index is 4.28. The van der Waals surface area contributed by atoms with E-state index in [1.54, 1.807) is 21.6 Å².